The summed E-state index contributed by atoms with van der Waals surface area (Å²) in [6, 6.07) is 4.26. The second-order valence-electron chi connectivity index (χ2n) is 3.70. The van der Waals surface area contributed by atoms with Gasteiger partial charge in [0.1, 0.15) is 5.82 Å². The smallest absolute Gasteiger partial charge is 0.181 e. The fourth-order valence-electron chi connectivity index (χ4n) is 1.48. The Morgan fingerprint density at radius 1 is 1.12 bits per heavy atom. The molecule has 0 spiro atoms. The van der Waals surface area contributed by atoms with Crippen molar-refractivity contribution in [2.45, 2.75) is 13.8 Å². The molecular weight excluding hydrogens is 246 g/mol. The number of hydrogen-bond donors (Lipinski definition) is 0. The quantitative estimate of drug-likeness (QED) is 0.726. The molecule has 2 aromatic rings. The molecule has 5 heteroatoms. The van der Waals surface area contributed by atoms with Crippen molar-refractivity contribution in [3.8, 4) is 11.4 Å². The predicted molar refractivity (Wildman–Crippen MR) is 61.9 cm³/mol. The summed E-state index contributed by atoms with van der Waals surface area (Å²) in [6.07, 6.45) is 0. The van der Waals surface area contributed by atoms with Crippen molar-refractivity contribution in [3.05, 3.63) is 46.2 Å². The monoisotopic (exact) mass is 254 g/mol. The third kappa shape index (κ3) is 2.26. The standard InChI is InChI=1S/C12H9ClF2N2/c1-6-3-4-8(14)5-9(6)12-16-7(2)10(15)11(13)17-12/h3-5H,1-2H3. The van der Waals surface area contributed by atoms with Crippen molar-refractivity contribution < 1.29 is 8.78 Å². The Labute approximate surface area is 102 Å². The molecule has 1 aromatic heterocycles. The van der Waals surface area contributed by atoms with Gasteiger partial charge in [0.05, 0.1) is 5.69 Å². The molecule has 17 heavy (non-hydrogen) atoms. The van der Waals surface area contributed by atoms with Gasteiger partial charge in [-0.3, -0.25) is 0 Å². The average Bonchev–Trinajstić information content (AvgIpc) is 2.28. The minimum Gasteiger partial charge on any atom is -0.230 e. The number of aromatic nitrogens is 2. The lowest BCUT2D eigenvalue weighted by Gasteiger charge is -2.06. The summed E-state index contributed by atoms with van der Waals surface area (Å²) in [4.78, 5) is 7.79. The number of hydrogen-bond acceptors (Lipinski definition) is 2. The van der Waals surface area contributed by atoms with E-state index in [1.807, 2.05) is 0 Å². The number of nitrogens with zero attached hydrogens (tertiary/aromatic N) is 2. The van der Waals surface area contributed by atoms with Crippen molar-refractivity contribution >= 4 is 11.6 Å². The molecule has 0 fully saturated rings. The van der Waals surface area contributed by atoms with Crippen LogP contribution in [0.3, 0.4) is 0 Å². The summed E-state index contributed by atoms with van der Waals surface area (Å²) in [5.41, 5.74) is 1.45. The van der Waals surface area contributed by atoms with Crippen LogP contribution in [0.2, 0.25) is 5.15 Å². The van der Waals surface area contributed by atoms with Gasteiger partial charge in [-0.05, 0) is 31.5 Å². The van der Waals surface area contributed by atoms with E-state index in [0.717, 1.165) is 5.56 Å². The summed E-state index contributed by atoms with van der Waals surface area (Å²) in [7, 11) is 0. The Balaban J connectivity index is 2.64. The summed E-state index contributed by atoms with van der Waals surface area (Å²) >= 11 is 5.64. The van der Waals surface area contributed by atoms with Gasteiger partial charge in [0, 0.05) is 5.56 Å². The van der Waals surface area contributed by atoms with E-state index in [2.05, 4.69) is 9.97 Å². The van der Waals surface area contributed by atoms with Gasteiger partial charge in [-0.2, -0.15) is 0 Å². The maximum Gasteiger partial charge on any atom is 0.181 e. The lowest BCUT2D eigenvalue weighted by molar-refractivity contribution is 0.602. The Morgan fingerprint density at radius 3 is 2.47 bits per heavy atom. The van der Waals surface area contributed by atoms with Crippen LogP contribution in [0.25, 0.3) is 11.4 Å². The average molecular weight is 255 g/mol. The number of rotatable bonds is 1. The first-order valence-electron chi connectivity index (χ1n) is 4.95. The van der Waals surface area contributed by atoms with Gasteiger partial charge in [0.15, 0.2) is 16.8 Å². The highest BCUT2D eigenvalue weighted by atomic mass is 35.5. The van der Waals surface area contributed by atoms with Crippen molar-refractivity contribution in [3.63, 3.8) is 0 Å². The van der Waals surface area contributed by atoms with Gasteiger partial charge in [0.2, 0.25) is 0 Å². The van der Waals surface area contributed by atoms with E-state index in [0.29, 0.717) is 5.56 Å². The molecule has 2 nitrogen and oxygen atoms in total. The van der Waals surface area contributed by atoms with Crippen LogP contribution in [0, 0.1) is 25.5 Å². The summed E-state index contributed by atoms with van der Waals surface area (Å²) < 4.78 is 26.4. The molecule has 0 amide bonds. The van der Waals surface area contributed by atoms with Gasteiger partial charge in [0.25, 0.3) is 0 Å². The molecule has 2 rings (SSSR count). The van der Waals surface area contributed by atoms with E-state index in [1.54, 1.807) is 13.0 Å². The van der Waals surface area contributed by atoms with Crippen LogP contribution in [0.1, 0.15) is 11.3 Å². The molecular formula is C12H9ClF2N2. The largest absolute Gasteiger partial charge is 0.230 e. The van der Waals surface area contributed by atoms with Gasteiger partial charge < -0.3 is 0 Å². The zero-order valence-corrected chi connectivity index (χ0v) is 10.0. The molecule has 0 bridgehead atoms. The van der Waals surface area contributed by atoms with Crippen LogP contribution in [-0.4, -0.2) is 9.97 Å². The fourth-order valence-corrected chi connectivity index (χ4v) is 1.70. The highest BCUT2D eigenvalue weighted by Crippen LogP contribution is 2.24. The van der Waals surface area contributed by atoms with Crippen LogP contribution < -0.4 is 0 Å². The molecule has 0 saturated heterocycles. The number of benzene rings is 1. The predicted octanol–water partition coefficient (Wildman–Crippen LogP) is 3.69. The second kappa shape index (κ2) is 4.37. The van der Waals surface area contributed by atoms with Crippen molar-refractivity contribution in [2.75, 3.05) is 0 Å². The van der Waals surface area contributed by atoms with E-state index < -0.39 is 11.6 Å². The molecule has 0 atom stereocenters. The summed E-state index contributed by atoms with van der Waals surface area (Å²) in [6.45, 7) is 3.28. The maximum absolute atomic E-state index is 13.3. The molecule has 0 N–H and O–H groups in total. The minimum absolute atomic E-state index is 0.142. The van der Waals surface area contributed by atoms with Gasteiger partial charge in [-0.15, -0.1) is 0 Å². The zero-order valence-electron chi connectivity index (χ0n) is 9.26. The second-order valence-corrected chi connectivity index (χ2v) is 4.05. The fraction of sp³-hybridized carbons (Fsp3) is 0.167. The van der Waals surface area contributed by atoms with E-state index in [1.165, 1.54) is 19.1 Å². The topological polar surface area (TPSA) is 25.8 Å². The van der Waals surface area contributed by atoms with E-state index in [-0.39, 0.29) is 16.7 Å². The molecule has 88 valence electrons. The zero-order chi connectivity index (χ0) is 12.6. The number of aryl methyl sites for hydroxylation is 2. The van der Waals surface area contributed by atoms with Crippen LogP contribution in [-0.2, 0) is 0 Å². The third-order valence-corrected chi connectivity index (χ3v) is 2.67. The Bertz CT molecular complexity index is 562. The summed E-state index contributed by atoms with van der Waals surface area (Å²) in [5.74, 6) is -0.817. The highest BCUT2D eigenvalue weighted by molar-refractivity contribution is 6.29. The Kier molecular flexibility index (Phi) is 3.07. The van der Waals surface area contributed by atoms with E-state index >= 15 is 0 Å². The van der Waals surface area contributed by atoms with E-state index in [9.17, 15) is 8.78 Å². The molecule has 0 aliphatic heterocycles. The minimum atomic E-state index is -0.649. The first-order valence-corrected chi connectivity index (χ1v) is 5.33. The first-order chi connectivity index (χ1) is 7.99. The van der Waals surface area contributed by atoms with Gasteiger partial charge in [-0.1, -0.05) is 17.7 Å². The van der Waals surface area contributed by atoms with Crippen molar-refractivity contribution in [1.29, 1.82) is 0 Å². The molecule has 1 aromatic carbocycles. The SMILES string of the molecule is Cc1ccc(F)cc1-c1nc(C)c(F)c(Cl)n1. The highest BCUT2D eigenvalue weighted by Gasteiger charge is 2.12. The van der Waals surface area contributed by atoms with Crippen molar-refractivity contribution in [1.82, 2.24) is 9.97 Å². The molecule has 0 saturated carbocycles. The molecule has 0 aliphatic rings. The lowest BCUT2D eigenvalue weighted by atomic mass is 10.1. The Hall–Kier alpha value is -1.55. The molecule has 0 unspecified atom stereocenters. The van der Waals surface area contributed by atoms with Crippen LogP contribution in [0.4, 0.5) is 8.78 Å². The van der Waals surface area contributed by atoms with Crippen LogP contribution in [0.5, 0.6) is 0 Å². The van der Waals surface area contributed by atoms with E-state index in [4.69, 9.17) is 11.6 Å². The van der Waals surface area contributed by atoms with Crippen molar-refractivity contribution in [2.24, 2.45) is 0 Å². The van der Waals surface area contributed by atoms with Crippen LogP contribution in [0.15, 0.2) is 18.2 Å². The normalized spacial score (nSPS) is 10.6. The Morgan fingerprint density at radius 2 is 1.82 bits per heavy atom. The van der Waals surface area contributed by atoms with Gasteiger partial charge >= 0.3 is 0 Å². The third-order valence-electron chi connectivity index (χ3n) is 2.42. The van der Waals surface area contributed by atoms with Crippen LogP contribution >= 0.6 is 11.6 Å². The molecule has 1 heterocycles. The maximum atomic E-state index is 13.3. The summed E-state index contributed by atoms with van der Waals surface area (Å²) in [5, 5.41) is -0.254. The first kappa shape index (κ1) is 11.9. The lowest BCUT2D eigenvalue weighted by Crippen LogP contribution is -1.99. The van der Waals surface area contributed by atoms with Gasteiger partial charge in [-0.25, -0.2) is 18.7 Å². The molecule has 0 aliphatic carbocycles. The number of halogens is 3. The molecule has 0 radical (unpaired) electrons.